The molecule has 1 fully saturated rings. The second kappa shape index (κ2) is 3.46. The Hall–Kier alpha value is -0.200. The van der Waals surface area contributed by atoms with Gasteiger partial charge < -0.3 is 26.4 Å². The fraction of sp³-hybridized carbons (Fsp3) is 1.00. The molecule has 0 unspecified atom stereocenters. The smallest absolute Gasteiger partial charge is 0.109 e. The van der Waals surface area contributed by atoms with Crippen LogP contribution in [0.15, 0.2) is 0 Å². The Bertz CT molecular complexity index is 131. The molecule has 0 aliphatic carbocycles. The van der Waals surface area contributed by atoms with E-state index in [0.29, 0.717) is 0 Å². The Morgan fingerprint density at radius 2 is 1.91 bits per heavy atom. The van der Waals surface area contributed by atoms with Gasteiger partial charge >= 0.3 is 0 Å². The Labute approximate surface area is 64.8 Å². The van der Waals surface area contributed by atoms with Gasteiger partial charge in [0.15, 0.2) is 0 Å². The predicted molar refractivity (Wildman–Crippen MR) is 38.9 cm³/mol. The minimum atomic E-state index is -1.08. The molecule has 4 atom stereocenters. The van der Waals surface area contributed by atoms with Crippen molar-refractivity contribution in [1.82, 2.24) is 5.32 Å². The maximum atomic E-state index is 9.26. The summed E-state index contributed by atoms with van der Waals surface area (Å²) >= 11 is 0. The third-order valence-electron chi connectivity index (χ3n) is 2.00. The van der Waals surface area contributed by atoms with E-state index in [4.69, 9.17) is 15.9 Å². The minimum absolute atomic E-state index is 0.255. The number of hydrogen-bond acceptors (Lipinski definition) is 5. The average Bonchev–Trinajstić information content (AvgIpc) is 2.01. The molecule has 0 amide bonds. The molecule has 0 radical (unpaired) electrons. The molecule has 66 valence electrons. The quantitative estimate of drug-likeness (QED) is 0.283. The molecule has 1 rings (SSSR count). The number of aliphatic hydroxyl groups is 3. The summed E-state index contributed by atoms with van der Waals surface area (Å²) in [6.45, 7) is 0.533. The molecule has 1 heterocycles. The van der Waals surface area contributed by atoms with E-state index in [0.717, 1.165) is 0 Å². The monoisotopic (exact) mass is 162 g/mol. The van der Waals surface area contributed by atoms with Crippen LogP contribution in [0.5, 0.6) is 0 Å². The summed E-state index contributed by atoms with van der Waals surface area (Å²) in [5.74, 6) is 0. The summed E-state index contributed by atoms with van der Waals surface area (Å²) in [7, 11) is 0. The first kappa shape index (κ1) is 8.89. The first-order chi connectivity index (χ1) is 5.16. The molecule has 5 nitrogen and oxygen atoms in total. The van der Waals surface area contributed by atoms with Crippen molar-refractivity contribution in [3.05, 3.63) is 0 Å². The van der Waals surface area contributed by atoms with E-state index in [1.807, 2.05) is 0 Å². The molecule has 0 saturated carbocycles. The number of piperidine rings is 1. The first-order valence-electron chi connectivity index (χ1n) is 3.64. The van der Waals surface area contributed by atoms with Crippen LogP contribution in [0.1, 0.15) is 0 Å². The summed E-state index contributed by atoms with van der Waals surface area (Å²) in [5.41, 5.74) is 5.29. The van der Waals surface area contributed by atoms with E-state index in [1.54, 1.807) is 0 Å². The molecule has 6 N–H and O–H groups in total. The van der Waals surface area contributed by atoms with Crippen LogP contribution in [-0.2, 0) is 0 Å². The molecule has 0 aromatic rings. The molecule has 1 aliphatic heterocycles. The van der Waals surface area contributed by atoms with Crippen molar-refractivity contribution in [2.45, 2.75) is 24.4 Å². The SMILES string of the molecule is NC[C@H]1NC[C@H](O)[C@@H](O)[C@@H]1O. The topological polar surface area (TPSA) is 98.7 Å². The summed E-state index contributed by atoms with van der Waals surface area (Å²) in [4.78, 5) is 0. The van der Waals surface area contributed by atoms with E-state index < -0.39 is 18.3 Å². The summed E-state index contributed by atoms with van der Waals surface area (Å²) < 4.78 is 0. The highest BCUT2D eigenvalue weighted by molar-refractivity contribution is 4.92. The number of nitrogens with two attached hydrogens (primary N) is 1. The highest BCUT2D eigenvalue weighted by Crippen LogP contribution is 2.09. The molecule has 1 saturated heterocycles. The van der Waals surface area contributed by atoms with Crippen molar-refractivity contribution in [3.8, 4) is 0 Å². The van der Waals surface area contributed by atoms with Crippen molar-refractivity contribution in [1.29, 1.82) is 0 Å². The molecule has 0 spiro atoms. The minimum Gasteiger partial charge on any atom is -0.389 e. The van der Waals surface area contributed by atoms with E-state index in [-0.39, 0.29) is 19.1 Å². The fourth-order valence-electron chi connectivity index (χ4n) is 1.20. The number of nitrogens with one attached hydrogen (secondary N) is 1. The van der Waals surface area contributed by atoms with Crippen molar-refractivity contribution in [3.63, 3.8) is 0 Å². The van der Waals surface area contributed by atoms with Crippen molar-refractivity contribution >= 4 is 0 Å². The zero-order valence-electron chi connectivity index (χ0n) is 6.14. The second-order valence-electron chi connectivity index (χ2n) is 2.80. The van der Waals surface area contributed by atoms with Crippen LogP contribution >= 0.6 is 0 Å². The van der Waals surface area contributed by atoms with Gasteiger partial charge in [-0.1, -0.05) is 0 Å². The van der Waals surface area contributed by atoms with Crippen LogP contribution in [0.2, 0.25) is 0 Å². The zero-order chi connectivity index (χ0) is 8.43. The highest BCUT2D eigenvalue weighted by Gasteiger charge is 2.35. The Balaban J connectivity index is 2.52. The van der Waals surface area contributed by atoms with Gasteiger partial charge in [-0.05, 0) is 0 Å². The van der Waals surface area contributed by atoms with Crippen LogP contribution in [0, 0.1) is 0 Å². The lowest BCUT2D eigenvalue weighted by atomic mass is 9.96. The van der Waals surface area contributed by atoms with E-state index in [2.05, 4.69) is 5.32 Å². The Morgan fingerprint density at radius 3 is 2.45 bits per heavy atom. The van der Waals surface area contributed by atoms with Crippen molar-refractivity contribution < 1.29 is 15.3 Å². The van der Waals surface area contributed by atoms with E-state index >= 15 is 0 Å². The normalized spacial score (nSPS) is 45.8. The van der Waals surface area contributed by atoms with Crippen LogP contribution in [0.4, 0.5) is 0 Å². The fourth-order valence-corrected chi connectivity index (χ4v) is 1.20. The second-order valence-corrected chi connectivity index (χ2v) is 2.80. The first-order valence-corrected chi connectivity index (χ1v) is 3.64. The van der Waals surface area contributed by atoms with Gasteiger partial charge in [0.2, 0.25) is 0 Å². The third-order valence-corrected chi connectivity index (χ3v) is 2.00. The maximum absolute atomic E-state index is 9.26. The van der Waals surface area contributed by atoms with Gasteiger partial charge in [0.25, 0.3) is 0 Å². The maximum Gasteiger partial charge on any atom is 0.109 e. The highest BCUT2D eigenvalue weighted by atomic mass is 16.4. The third kappa shape index (κ3) is 1.69. The van der Waals surface area contributed by atoms with Gasteiger partial charge in [0.1, 0.15) is 6.10 Å². The molecule has 0 bridgehead atoms. The Kier molecular flexibility index (Phi) is 2.80. The number of rotatable bonds is 1. The standard InChI is InChI=1S/C6H14N2O3/c7-1-3-5(10)6(11)4(9)2-8-3/h3-6,8-11H,1-2,7H2/t3-,4+,5-,6-/m1/s1. The molecular formula is C6H14N2O3. The van der Waals surface area contributed by atoms with Gasteiger partial charge in [0.05, 0.1) is 12.2 Å². The largest absolute Gasteiger partial charge is 0.389 e. The molecule has 0 aromatic heterocycles. The number of aliphatic hydroxyl groups excluding tert-OH is 3. The summed E-state index contributed by atoms with van der Waals surface area (Å²) in [5, 5.41) is 30.3. The Morgan fingerprint density at radius 1 is 1.27 bits per heavy atom. The van der Waals surface area contributed by atoms with E-state index in [1.165, 1.54) is 0 Å². The molecular weight excluding hydrogens is 148 g/mol. The lowest BCUT2D eigenvalue weighted by molar-refractivity contribution is -0.0923. The van der Waals surface area contributed by atoms with Crippen LogP contribution < -0.4 is 11.1 Å². The van der Waals surface area contributed by atoms with Crippen molar-refractivity contribution in [2.75, 3.05) is 13.1 Å². The number of β-amino-alcohol motifs (C(OH)–C–C–N with tert-alkyl or cyclic N) is 1. The van der Waals surface area contributed by atoms with Gasteiger partial charge in [-0.25, -0.2) is 0 Å². The zero-order valence-corrected chi connectivity index (χ0v) is 6.14. The molecule has 5 heteroatoms. The molecule has 11 heavy (non-hydrogen) atoms. The lowest BCUT2D eigenvalue weighted by Gasteiger charge is -2.35. The summed E-state index contributed by atoms with van der Waals surface area (Å²) in [6, 6.07) is -0.312. The molecule has 0 aromatic carbocycles. The summed E-state index contributed by atoms with van der Waals surface area (Å²) in [6.07, 6.45) is -2.94. The van der Waals surface area contributed by atoms with Crippen LogP contribution in [0.25, 0.3) is 0 Å². The van der Waals surface area contributed by atoms with Crippen LogP contribution in [0.3, 0.4) is 0 Å². The van der Waals surface area contributed by atoms with Gasteiger partial charge in [0, 0.05) is 19.1 Å². The predicted octanol–water partition coefficient (Wildman–Crippen LogP) is -3.00. The lowest BCUT2D eigenvalue weighted by Crippen LogP contribution is -2.61. The number of hydrogen-bond donors (Lipinski definition) is 5. The van der Waals surface area contributed by atoms with E-state index in [9.17, 15) is 5.11 Å². The molecule has 1 aliphatic rings. The van der Waals surface area contributed by atoms with Gasteiger partial charge in [-0.2, -0.15) is 0 Å². The average molecular weight is 162 g/mol. The van der Waals surface area contributed by atoms with Gasteiger partial charge in [-0.3, -0.25) is 0 Å². The van der Waals surface area contributed by atoms with Crippen LogP contribution in [-0.4, -0.2) is 52.8 Å². The van der Waals surface area contributed by atoms with Gasteiger partial charge in [-0.15, -0.1) is 0 Å². The van der Waals surface area contributed by atoms with Crippen molar-refractivity contribution in [2.24, 2.45) is 5.73 Å².